The first-order valence-electron chi connectivity index (χ1n) is 9.74. The molecule has 182 valence electrons. The first-order valence-corrected chi connectivity index (χ1v) is 9.74. The van der Waals surface area contributed by atoms with Crippen molar-refractivity contribution in [2.45, 2.75) is 40.5 Å². The fourth-order valence-corrected chi connectivity index (χ4v) is 0.500. The van der Waals surface area contributed by atoms with Crippen LogP contribution in [0.2, 0.25) is 0 Å². The van der Waals surface area contributed by atoms with E-state index < -0.39 is 0 Å². The highest BCUT2D eigenvalue weighted by Gasteiger charge is 2.00. The number of carbonyl (C=O) groups excluding carboxylic acids is 1. The molecule has 0 radical (unpaired) electrons. The zero-order valence-electron chi connectivity index (χ0n) is 21.1. The van der Waals surface area contributed by atoms with Crippen LogP contribution in [0.1, 0.15) is 40.5 Å². The summed E-state index contributed by atoms with van der Waals surface area (Å²) in [5.74, 6) is -0.284. The van der Waals surface area contributed by atoms with Crippen molar-refractivity contribution in [2.75, 3.05) is 6.61 Å². The number of rotatable bonds is 8. The molecule has 0 unspecified atom stereocenters. The van der Waals surface area contributed by atoms with Gasteiger partial charge in [-0.2, -0.15) is 10.5 Å². The highest BCUT2D eigenvalue weighted by Crippen LogP contribution is 1.94. The Kier molecular flexibility index (Phi) is 60.1. The third kappa shape index (κ3) is 112. The molecule has 0 N–H and O–H groups in total. The SMILES string of the molecule is C=C(C)C#N.C=C(C)C(=O)OCCCC.C=CC#N.C=CC(=C)C.C=CC=C.C=COC=C. The van der Waals surface area contributed by atoms with Gasteiger partial charge in [0.1, 0.15) is 0 Å². The molecule has 0 bridgehead atoms. The molecule has 0 amide bonds. The van der Waals surface area contributed by atoms with E-state index in [1.807, 2.05) is 13.0 Å². The predicted octanol–water partition coefficient (Wildman–Crippen LogP) is 8.08. The molecule has 0 aromatic heterocycles. The minimum absolute atomic E-state index is 0.284. The quantitative estimate of drug-likeness (QED) is 0.0924. The summed E-state index contributed by atoms with van der Waals surface area (Å²) in [6.45, 7) is 37.9. The van der Waals surface area contributed by atoms with E-state index in [0.29, 0.717) is 17.8 Å². The average molecular weight is 455 g/mol. The molecule has 0 heterocycles. The third-order valence-electron chi connectivity index (χ3n) is 2.07. The van der Waals surface area contributed by atoms with Gasteiger partial charge in [-0.3, -0.25) is 0 Å². The zero-order chi connectivity index (χ0) is 27.5. The molecule has 0 fully saturated rings. The normalized spacial score (nSPS) is 6.48. The van der Waals surface area contributed by atoms with Crippen molar-refractivity contribution in [1.82, 2.24) is 0 Å². The summed E-state index contributed by atoms with van der Waals surface area (Å²) in [5.41, 5.74) is 2.05. The Bertz CT molecular complexity index is 660. The van der Waals surface area contributed by atoms with Crippen LogP contribution in [0.4, 0.5) is 0 Å². The van der Waals surface area contributed by atoms with E-state index in [0.717, 1.165) is 18.4 Å². The van der Waals surface area contributed by atoms with E-state index in [2.05, 4.69) is 70.9 Å². The lowest BCUT2D eigenvalue weighted by Crippen LogP contribution is -2.05. The number of ether oxygens (including phenoxy) is 2. The van der Waals surface area contributed by atoms with Gasteiger partial charge in [-0.05, 0) is 27.2 Å². The van der Waals surface area contributed by atoms with Crippen LogP contribution in [0.3, 0.4) is 0 Å². The lowest BCUT2D eigenvalue weighted by Gasteiger charge is -2.01. The molecule has 0 aliphatic heterocycles. The van der Waals surface area contributed by atoms with Crippen molar-refractivity contribution < 1.29 is 14.3 Å². The summed E-state index contributed by atoms with van der Waals surface area (Å²) < 4.78 is 9.17. The first kappa shape index (κ1) is 42.9. The average Bonchev–Trinajstić information content (AvgIpc) is 2.81. The monoisotopic (exact) mass is 454 g/mol. The van der Waals surface area contributed by atoms with Gasteiger partial charge in [-0.1, -0.05) is 96.4 Å². The molecule has 0 aromatic rings. The maximum Gasteiger partial charge on any atom is 0.333 e. The second-order valence-corrected chi connectivity index (χ2v) is 5.49. The van der Waals surface area contributed by atoms with Crippen molar-refractivity contribution in [2.24, 2.45) is 0 Å². The van der Waals surface area contributed by atoms with Crippen molar-refractivity contribution in [3.63, 3.8) is 0 Å². The number of unbranched alkanes of at least 4 members (excludes halogenated alkanes) is 1. The number of nitriles is 2. The molecule has 0 aliphatic rings. The van der Waals surface area contributed by atoms with Crippen LogP contribution in [0, 0.1) is 22.7 Å². The number of hydrogen-bond donors (Lipinski definition) is 0. The van der Waals surface area contributed by atoms with Gasteiger partial charge in [0.25, 0.3) is 0 Å². The van der Waals surface area contributed by atoms with Gasteiger partial charge in [0.05, 0.1) is 31.3 Å². The topological polar surface area (TPSA) is 83.1 Å². The molecule has 0 aliphatic carbocycles. The Balaban J connectivity index is -0.0000000693. The van der Waals surface area contributed by atoms with Gasteiger partial charge in [0.2, 0.25) is 0 Å². The number of allylic oxidation sites excluding steroid dienone is 6. The Morgan fingerprint density at radius 2 is 1.27 bits per heavy atom. The predicted molar refractivity (Wildman–Crippen MR) is 144 cm³/mol. The molecule has 0 atom stereocenters. The van der Waals surface area contributed by atoms with Gasteiger partial charge < -0.3 is 9.47 Å². The molecule has 0 aromatic carbocycles. The van der Waals surface area contributed by atoms with Crippen LogP contribution in [-0.2, 0) is 14.3 Å². The molecule has 33 heavy (non-hydrogen) atoms. The highest BCUT2D eigenvalue weighted by molar-refractivity contribution is 5.86. The highest BCUT2D eigenvalue weighted by atomic mass is 16.5. The van der Waals surface area contributed by atoms with Crippen LogP contribution < -0.4 is 0 Å². The van der Waals surface area contributed by atoms with E-state index >= 15 is 0 Å². The van der Waals surface area contributed by atoms with Crippen LogP contribution in [-0.4, -0.2) is 12.6 Å². The largest absolute Gasteiger partial charge is 0.474 e. The number of nitrogens with zero attached hydrogens (tertiary/aromatic N) is 2. The maximum absolute atomic E-state index is 10.7. The van der Waals surface area contributed by atoms with Crippen molar-refractivity contribution in [3.8, 4) is 12.1 Å². The molecule has 0 saturated carbocycles. The lowest BCUT2D eigenvalue weighted by atomic mass is 10.3. The Morgan fingerprint density at radius 3 is 1.39 bits per heavy atom. The number of carbonyl (C=O) groups is 1. The minimum atomic E-state index is -0.284. The molecule has 0 spiro atoms. The van der Waals surface area contributed by atoms with Crippen molar-refractivity contribution in [3.05, 3.63) is 113 Å². The van der Waals surface area contributed by atoms with E-state index in [-0.39, 0.29) is 5.97 Å². The van der Waals surface area contributed by atoms with Gasteiger partial charge >= 0.3 is 5.97 Å². The van der Waals surface area contributed by atoms with Crippen molar-refractivity contribution >= 4 is 5.97 Å². The van der Waals surface area contributed by atoms with Crippen LogP contribution in [0.25, 0.3) is 0 Å². The maximum atomic E-state index is 10.7. The third-order valence-corrected chi connectivity index (χ3v) is 2.07. The standard InChI is InChI=1S/C8H14O2.C5H8.C4H5N.C4H6O.C4H6.C3H3N/c1-4-5-6-10-8(9)7(2)3;1-4-5(2)3;1-4(2)3-5;1-3-5-4-2;1-3-4-2;1-2-3-4/h2,4-6H2,1,3H3;4H,1-2H2,3H3;1H2,2H3;3-4H,1-2H2;3-4H,1-2H2;2H,1H2. The molecular formula is C28H42N2O3. The smallest absolute Gasteiger partial charge is 0.333 e. The molecule has 0 rings (SSSR count). The fraction of sp³-hybridized carbons (Fsp3) is 0.250. The number of hydrogen-bond acceptors (Lipinski definition) is 5. The summed E-state index contributed by atoms with van der Waals surface area (Å²) in [6, 6.07) is 3.53. The van der Waals surface area contributed by atoms with Crippen LogP contribution in [0.5, 0.6) is 0 Å². The summed E-state index contributed by atoms with van der Waals surface area (Å²) in [5, 5.41) is 15.3. The molecule has 5 heteroatoms. The van der Waals surface area contributed by atoms with Crippen LogP contribution in [0.15, 0.2) is 113 Å². The van der Waals surface area contributed by atoms with Crippen molar-refractivity contribution in [1.29, 1.82) is 10.5 Å². The first-order chi connectivity index (χ1) is 15.5. The minimum Gasteiger partial charge on any atom is -0.474 e. The summed E-state index contributed by atoms with van der Waals surface area (Å²) in [7, 11) is 0. The molecule has 0 saturated heterocycles. The lowest BCUT2D eigenvalue weighted by molar-refractivity contribution is -0.139. The van der Waals surface area contributed by atoms with Gasteiger partial charge in [0.15, 0.2) is 0 Å². The summed E-state index contributed by atoms with van der Waals surface area (Å²) in [6.07, 6.45) is 10.8. The zero-order valence-corrected chi connectivity index (χ0v) is 21.1. The van der Waals surface area contributed by atoms with Gasteiger partial charge in [-0.15, -0.1) is 0 Å². The van der Waals surface area contributed by atoms with E-state index in [4.69, 9.17) is 15.3 Å². The summed E-state index contributed by atoms with van der Waals surface area (Å²) >= 11 is 0. The fourth-order valence-electron chi connectivity index (χ4n) is 0.500. The second-order valence-electron chi connectivity index (χ2n) is 5.49. The second kappa shape index (κ2) is 46.2. The van der Waals surface area contributed by atoms with E-state index in [1.54, 1.807) is 38.1 Å². The Morgan fingerprint density at radius 1 is 0.909 bits per heavy atom. The molecule has 5 nitrogen and oxygen atoms in total. The van der Waals surface area contributed by atoms with Gasteiger partial charge in [-0.25, -0.2) is 4.79 Å². The van der Waals surface area contributed by atoms with E-state index in [1.165, 1.54) is 18.6 Å². The van der Waals surface area contributed by atoms with Gasteiger partial charge in [0, 0.05) is 17.2 Å². The Hall–Kier alpha value is -4.09. The summed E-state index contributed by atoms with van der Waals surface area (Å²) in [4.78, 5) is 10.7. The Labute approximate surface area is 203 Å². The number of esters is 1. The molecular weight excluding hydrogens is 412 g/mol. The van der Waals surface area contributed by atoms with Crippen LogP contribution >= 0.6 is 0 Å². The van der Waals surface area contributed by atoms with E-state index in [9.17, 15) is 4.79 Å².